The number of amidine groups is 1. The lowest BCUT2D eigenvalue weighted by molar-refractivity contribution is -0.155. The first-order chi connectivity index (χ1) is 8.00. The summed E-state index contributed by atoms with van der Waals surface area (Å²) in [7, 11) is 0. The highest BCUT2D eigenvalue weighted by atomic mass is 19.4. The number of oxime groups is 1. The van der Waals surface area contributed by atoms with E-state index < -0.39 is 17.9 Å². The number of rotatable bonds is 5. The third kappa shape index (κ3) is 5.57. The Bertz CT molecular complexity index is 284. The van der Waals surface area contributed by atoms with Gasteiger partial charge in [-0.05, 0) is 17.9 Å². The predicted octanol–water partition coefficient (Wildman–Crippen LogP) is 2.18. The molecule has 0 spiro atoms. The summed E-state index contributed by atoms with van der Waals surface area (Å²) in [5.41, 5.74) is 5.06. The number of halogens is 3. The Morgan fingerprint density at radius 1 is 1.28 bits per heavy atom. The molecule has 0 aromatic rings. The highest BCUT2D eigenvalue weighted by Gasteiger charge is 2.42. The van der Waals surface area contributed by atoms with Crippen molar-refractivity contribution in [3.63, 3.8) is 0 Å². The molecule has 0 aliphatic heterocycles. The Hall–Kier alpha value is -0.980. The molecule has 0 bridgehead atoms. The molecule has 0 rings (SSSR count). The van der Waals surface area contributed by atoms with E-state index in [4.69, 9.17) is 10.9 Å². The number of nitrogens with one attached hydrogen (secondary N) is 1. The molecule has 7 heteroatoms. The van der Waals surface area contributed by atoms with Crippen molar-refractivity contribution in [2.75, 3.05) is 13.1 Å². The highest BCUT2D eigenvalue weighted by Crippen LogP contribution is 2.27. The van der Waals surface area contributed by atoms with E-state index >= 15 is 0 Å². The topological polar surface area (TPSA) is 70.6 Å². The molecular formula is C11H22F3N3O. The van der Waals surface area contributed by atoms with Crippen molar-refractivity contribution in [1.29, 1.82) is 0 Å². The van der Waals surface area contributed by atoms with Gasteiger partial charge in [-0.15, -0.1) is 0 Å². The van der Waals surface area contributed by atoms with Crippen LogP contribution in [0.4, 0.5) is 13.2 Å². The van der Waals surface area contributed by atoms with Crippen LogP contribution in [0.15, 0.2) is 5.16 Å². The van der Waals surface area contributed by atoms with Gasteiger partial charge in [0.15, 0.2) is 5.84 Å². The smallest absolute Gasteiger partial charge is 0.400 e. The minimum atomic E-state index is -4.52. The van der Waals surface area contributed by atoms with E-state index in [-0.39, 0.29) is 17.9 Å². The van der Waals surface area contributed by atoms with Crippen molar-refractivity contribution >= 4 is 5.84 Å². The summed E-state index contributed by atoms with van der Waals surface area (Å²) in [4.78, 5) is 0. The van der Waals surface area contributed by atoms with E-state index in [9.17, 15) is 13.2 Å². The lowest BCUT2D eigenvalue weighted by atomic mass is 9.82. The van der Waals surface area contributed by atoms with Crippen LogP contribution in [0.1, 0.15) is 27.7 Å². The first kappa shape index (κ1) is 17.0. The first-order valence-corrected chi connectivity index (χ1v) is 5.75. The van der Waals surface area contributed by atoms with Gasteiger partial charge in [-0.3, -0.25) is 0 Å². The molecule has 0 saturated carbocycles. The van der Waals surface area contributed by atoms with Gasteiger partial charge in [-0.2, -0.15) is 13.2 Å². The molecule has 2 unspecified atom stereocenters. The second-order valence-electron chi connectivity index (χ2n) is 5.54. The fourth-order valence-corrected chi connectivity index (χ4v) is 1.21. The van der Waals surface area contributed by atoms with Crippen LogP contribution in [-0.4, -0.2) is 30.3 Å². The third-order valence-electron chi connectivity index (χ3n) is 3.14. The van der Waals surface area contributed by atoms with Gasteiger partial charge in [0.05, 0.1) is 0 Å². The number of nitrogens with zero attached hydrogens (tertiary/aromatic N) is 1. The quantitative estimate of drug-likeness (QED) is 0.310. The fraction of sp³-hybridized carbons (Fsp3) is 0.909. The summed E-state index contributed by atoms with van der Waals surface area (Å²) in [5.74, 6) is -2.58. The Morgan fingerprint density at radius 3 is 2.11 bits per heavy atom. The average Bonchev–Trinajstić information content (AvgIpc) is 2.19. The van der Waals surface area contributed by atoms with E-state index in [2.05, 4.69) is 10.5 Å². The minimum absolute atomic E-state index is 0.0113. The van der Waals surface area contributed by atoms with Gasteiger partial charge in [-0.1, -0.05) is 32.9 Å². The van der Waals surface area contributed by atoms with E-state index in [1.54, 1.807) is 0 Å². The van der Waals surface area contributed by atoms with Crippen LogP contribution < -0.4 is 11.1 Å². The Balaban J connectivity index is 4.40. The molecule has 0 amide bonds. The van der Waals surface area contributed by atoms with Crippen LogP contribution in [0.2, 0.25) is 0 Å². The molecule has 0 radical (unpaired) electrons. The van der Waals surface area contributed by atoms with Crippen LogP contribution >= 0.6 is 0 Å². The summed E-state index contributed by atoms with van der Waals surface area (Å²) < 4.78 is 37.8. The molecule has 2 atom stereocenters. The number of hydrogen-bond acceptors (Lipinski definition) is 3. The summed E-state index contributed by atoms with van der Waals surface area (Å²) in [6.45, 7) is 8.06. The second-order valence-corrected chi connectivity index (χ2v) is 5.54. The molecule has 0 aromatic heterocycles. The molecule has 0 aliphatic carbocycles. The van der Waals surface area contributed by atoms with Gasteiger partial charge in [0, 0.05) is 6.54 Å². The second kappa shape index (κ2) is 6.26. The monoisotopic (exact) mass is 269 g/mol. The largest absolute Gasteiger partial charge is 0.409 e. The van der Waals surface area contributed by atoms with Gasteiger partial charge in [0.25, 0.3) is 0 Å². The van der Waals surface area contributed by atoms with E-state index in [0.29, 0.717) is 6.54 Å². The average molecular weight is 269 g/mol. The molecule has 0 fully saturated rings. The molecule has 4 nitrogen and oxygen atoms in total. The maximum Gasteiger partial charge on any atom is 0.400 e. The maximum absolute atomic E-state index is 12.6. The summed E-state index contributed by atoms with van der Waals surface area (Å²) >= 11 is 0. The van der Waals surface area contributed by atoms with Gasteiger partial charge in [0.1, 0.15) is 5.92 Å². The Labute approximate surface area is 105 Å². The Morgan fingerprint density at radius 2 is 1.78 bits per heavy atom. The SMILES string of the molecule is CC(CNCC(C(N)=NO)C(F)(F)F)C(C)(C)C. The number of hydrogen-bond donors (Lipinski definition) is 3. The zero-order chi connectivity index (χ0) is 14.6. The van der Waals surface area contributed by atoms with Crippen molar-refractivity contribution < 1.29 is 18.4 Å². The molecule has 18 heavy (non-hydrogen) atoms. The van der Waals surface area contributed by atoms with E-state index in [0.717, 1.165) is 0 Å². The molecule has 0 aliphatic rings. The summed E-state index contributed by atoms with van der Waals surface area (Å²) in [6.07, 6.45) is -4.52. The maximum atomic E-state index is 12.6. The fourth-order valence-electron chi connectivity index (χ4n) is 1.21. The molecule has 4 N–H and O–H groups in total. The van der Waals surface area contributed by atoms with Gasteiger partial charge in [0.2, 0.25) is 0 Å². The van der Waals surface area contributed by atoms with E-state index in [1.165, 1.54) is 0 Å². The lowest BCUT2D eigenvalue weighted by Gasteiger charge is -2.28. The molecular weight excluding hydrogens is 247 g/mol. The summed E-state index contributed by atoms with van der Waals surface area (Å²) in [5, 5.41) is 13.5. The first-order valence-electron chi connectivity index (χ1n) is 5.75. The van der Waals surface area contributed by atoms with Crippen LogP contribution in [0.25, 0.3) is 0 Å². The lowest BCUT2D eigenvalue weighted by Crippen LogP contribution is -2.44. The van der Waals surface area contributed by atoms with Crippen molar-refractivity contribution in [2.45, 2.75) is 33.9 Å². The standard InChI is InChI=1S/C11H22F3N3O/c1-7(10(2,3)4)5-16-6-8(9(15)17-18)11(12,13)14/h7-8,16,18H,5-6H2,1-4H3,(H2,15,17). The zero-order valence-corrected chi connectivity index (χ0v) is 11.2. The van der Waals surface area contributed by atoms with Crippen LogP contribution in [0.3, 0.4) is 0 Å². The van der Waals surface area contributed by atoms with Gasteiger partial charge in [-0.25, -0.2) is 0 Å². The molecule has 108 valence electrons. The van der Waals surface area contributed by atoms with Crippen molar-refractivity contribution in [1.82, 2.24) is 5.32 Å². The van der Waals surface area contributed by atoms with Crippen molar-refractivity contribution in [2.24, 2.45) is 28.1 Å². The minimum Gasteiger partial charge on any atom is -0.409 e. The number of nitrogens with two attached hydrogens (primary N) is 1. The highest BCUT2D eigenvalue weighted by molar-refractivity contribution is 5.83. The van der Waals surface area contributed by atoms with Gasteiger partial charge < -0.3 is 16.3 Å². The molecule has 0 aromatic carbocycles. The van der Waals surface area contributed by atoms with Crippen LogP contribution in [0, 0.1) is 17.3 Å². The molecule has 0 saturated heterocycles. The summed E-state index contributed by atoms with van der Waals surface area (Å²) in [6, 6.07) is 0. The van der Waals surface area contributed by atoms with Crippen LogP contribution in [0.5, 0.6) is 0 Å². The predicted molar refractivity (Wildman–Crippen MR) is 64.4 cm³/mol. The van der Waals surface area contributed by atoms with Crippen molar-refractivity contribution in [3.8, 4) is 0 Å². The van der Waals surface area contributed by atoms with Crippen molar-refractivity contribution in [3.05, 3.63) is 0 Å². The Kier molecular flexibility index (Phi) is 5.92. The van der Waals surface area contributed by atoms with Gasteiger partial charge >= 0.3 is 6.18 Å². The van der Waals surface area contributed by atoms with Crippen LogP contribution in [-0.2, 0) is 0 Å². The normalized spacial score (nSPS) is 17.6. The third-order valence-corrected chi connectivity index (χ3v) is 3.14. The zero-order valence-electron chi connectivity index (χ0n) is 11.2. The van der Waals surface area contributed by atoms with E-state index in [1.807, 2.05) is 27.7 Å². The number of alkyl halides is 3. The molecule has 0 heterocycles.